The highest BCUT2D eigenvalue weighted by Gasteiger charge is 2.11. The van der Waals surface area contributed by atoms with Crippen molar-refractivity contribution in [1.29, 1.82) is 0 Å². The van der Waals surface area contributed by atoms with E-state index in [1.165, 1.54) is 19.5 Å². The van der Waals surface area contributed by atoms with Gasteiger partial charge >= 0.3 is 0 Å². The fourth-order valence-electron chi connectivity index (χ4n) is 0.989. The molecule has 0 bridgehead atoms. The second-order valence-corrected chi connectivity index (χ2v) is 2.46. The summed E-state index contributed by atoms with van der Waals surface area (Å²) in [7, 11) is 2.15. The molecule has 48 valence electrons. The molecule has 0 aliphatic carbocycles. The van der Waals surface area contributed by atoms with Crippen LogP contribution in [0, 0.1) is 0 Å². The van der Waals surface area contributed by atoms with Crippen LogP contribution in [0.3, 0.4) is 0 Å². The van der Waals surface area contributed by atoms with Crippen LogP contribution in [-0.4, -0.2) is 31.2 Å². The lowest BCUT2D eigenvalue weighted by Crippen LogP contribution is -2.47. The van der Waals surface area contributed by atoms with Crippen LogP contribution in [0.25, 0.3) is 0 Å². The number of hydrogen-bond donors (Lipinski definition) is 1. The van der Waals surface area contributed by atoms with Crippen molar-refractivity contribution in [3.05, 3.63) is 0 Å². The van der Waals surface area contributed by atoms with Gasteiger partial charge in [0, 0.05) is 6.54 Å². The molecule has 1 atom stereocenters. The van der Waals surface area contributed by atoms with Gasteiger partial charge in [-0.2, -0.15) is 0 Å². The van der Waals surface area contributed by atoms with E-state index in [1.54, 1.807) is 0 Å². The Morgan fingerprint density at radius 3 is 2.75 bits per heavy atom. The maximum Gasteiger partial charge on any atom is 0.0565 e. The standard InChI is InChI=1S/C6H14N2/c1-6-7-4-3-5-8(6)2/h6-7H,3-5H2,1-2H3/t6-/m1/s1. The third-order valence-corrected chi connectivity index (χ3v) is 1.79. The van der Waals surface area contributed by atoms with E-state index in [1.807, 2.05) is 0 Å². The normalized spacial score (nSPS) is 33.0. The van der Waals surface area contributed by atoms with Crippen LogP contribution >= 0.6 is 0 Å². The maximum absolute atomic E-state index is 3.36. The molecule has 0 aromatic carbocycles. The molecule has 0 radical (unpaired) electrons. The number of hydrogen-bond acceptors (Lipinski definition) is 2. The molecule has 0 amide bonds. The highest BCUT2D eigenvalue weighted by molar-refractivity contribution is 4.66. The molecule has 1 aliphatic heterocycles. The summed E-state index contributed by atoms with van der Waals surface area (Å²) in [6, 6.07) is 0. The Balaban J connectivity index is 2.28. The molecule has 1 rings (SSSR count). The van der Waals surface area contributed by atoms with Crippen molar-refractivity contribution in [1.82, 2.24) is 10.2 Å². The van der Waals surface area contributed by atoms with Crippen molar-refractivity contribution in [2.75, 3.05) is 20.1 Å². The highest BCUT2D eigenvalue weighted by Crippen LogP contribution is 1.98. The Kier molecular flexibility index (Phi) is 1.86. The molecule has 0 spiro atoms. The van der Waals surface area contributed by atoms with Gasteiger partial charge in [-0.05, 0) is 26.9 Å². The van der Waals surface area contributed by atoms with Crippen LogP contribution in [0.4, 0.5) is 0 Å². The fourth-order valence-corrected chi connectivity index (χ4v) is 0.989. The quantitative estimate of drug-likeness (QED) is 0.486. The monoisotopic (exact) mass is 114 g/mol. The number of rotatable bonds is 0. The minimum absolute atomic E-state index is 0.587. The summed E-state index contributed by atoms with van der Waals surface area (Å²) in [5, 5.41) is 3.36. The molecule has 1 saturated heterocycles. The molecular weight excluding hydrogens is 100 g/mol. The summed E-state index contributed by atoms with van der Waals surface area (Å²) < 4.78 is 0. The predicted molar refractivity (Wildman–Crippen MR) is 34.7 cm³/mol. The smallest absolute Gasteiger partial charge is 0.0565 e. The van der Waals surface area contributed by atoms with Gasteiger partial charge in [-0.15, -0.1) is 0 Å². The van der Waals surface area contributed by atoms with E-state index in [-0.39, 0.29) is 0 Å². The molecule has 0 aromatic heterocycles. The molecule has 1 heterocycles. The van der Waals surface area contributed by atoms with Crippen molar-refractivity contribution >= 4 is 0 Å². The van der Waals surface area contributed by atoms with E-state index in [9.17, 15) is 0 Å². The molecule has 1 aliphatic rings. The summed E-state index contributed by atoms with van der Waals surface area (Å²) in [6.45, 7) is 4.62. The topological polar surface area (TPSA) is 15.3 Å². The first-order valence-corrected chi connectivity index (χ1v) is 3.24. The summed E-state index contributed by atoms with van der Waals surface area (Å²) >= 11 is 0. The predicted octanol–water partition coefficient (Wildman–Crippen LogP) is 0.258. The molecule has 1 N–H and O–H groups in total. The molecule has 0 unspecified atom stereocenters. The second-order valence-electron chi connectivity index (χ2n) is 2.46. The lowest BCUT2D eigenvalue weighted by molar-refractivity contribution is 0.181. The van der Waals surface area contributed by atoms with Gasteiger partial charge in [-0.25, -0.2) is 0 Å². The van der Waals surface area contributed by atoms with Crippen molar-refractivity contribution in [3.63, 3.8) is 0 Å². The first-order valence-electron chi connectivity index (χ1n) is 3.24. The van der Waals surface area contributed by atoms with Gasteiger partial charge in [0.2, 0.25) is 0 Å². The van der Waals surface area contributed by atoms with Crippen molar-refractivity contribution in [2.24, 2.45) is 0 Å². The molecule has 2 nitrogen and oxygen atoms in total. The molecular formula is C6H14N2. The van der Waals surface area contributed by atoms with Crippen LogP contribution in [-0.2, 0) is 0 Å². The van der Waals surface area contributed by atoms with Gasteiger partial charge in [-0.3, -0.25) is 4.90 Å². The average molecular weight is 114 g/mol. The number of nitrogens with zero attached hydrogens (tertiary/aromatic N) is 1. The SMILES string of the molecule is C[C@@H]1NCCCN1C. The average Bonchev–Trinajstić information content (AvgIpc) is 1.77. The first kappa shape index (κ1) is 6.05. The zero-order valence-corrected chi connectivity index (χ0v) is 5.65. The van der Waals surface area contributed by atoms with Gasteiger partial charge in [0.05, 0.1) is 6.17 Å². The van der Waals surface area contributed by atoms with Crippen LogP contribution in [0.1, 0.15) is 13.3 Å². The number of nitrogens with one attached hydrogen (secondary N) is 1. The molecule has 0 aromatic rings. The van der Waals surface area contributed by atoms with E-state index in [4.69, 9.17) is 0 Å². The third-order valence-electron chi connectivity index (χ3n) is 1.79. The molecule has 0 saturated carbocycles. The van der Waals surface area contributed by atoms with E-state index in [0.717, 1.165) is 0 Å². The van der Waals surface area contributed by atoms with E-state index in [2.05, 4.69) is 24.2 Å². The zero-order valence-electron chi connectivity index (χ0n) is 5.65. The Morgan fingerprint density at radius 2 is 2.38 bits per heavy atom. The van der Waals surface area contributed by atoms with Crippen molar-refractivity contribution in [3.8, 4) is 0 Å². The Bertz CT molecular complexity index is 62.9. The van der Waals surface area contributed by atoms with Gasteiger partial charge in [0.15, 0.2) is 0 Å². The zero-order chi connectivity index (χ0) is 5.98. The van der Waals surface area contributed by atoms with Crippen LogP contribution in [0.15, 0.2) is 0 Å². The van der Waals surface area contributed by atoms with Crippen molar-refractivity contribution < 1.29 is 0 Å². The summed E-state index contributed by atoms with van der Waals surface area (Å²) in [6.07, 6.45) is 1.88. The lowest BCUT2D eigenvalue weighted by atomic mass is 10.3. The largest absolute Gasteiger partial charge is 0.302 e. The Morgan fingerprint density at radius 1 is 1.62 bits per heavy atom. The van der Waals surface area contributed by atoms with Gasteiger partial charge in [0.25, 0.3) is 0 Å². The van der Waals surface area contributed by atoms with Crippen LogP contribution < -0.4 is 5.32 Å². The summed E-state index contributed by atoms with van der Waals surface area (Å²) in [5.41, 5.74) is 0. The minimum Gasteiger partial charge on any atom is -0.302 e. The van der Waals surface area contributed by atoms with E-state index in [0.29, 0.717) is 6.17 Å². The summed E-state index contributed by atoms with van der Waals surface area (Å²) in [4.78, 5) is 2.32. The molecule has 8 heavy (non-hydrogen) atoms. The van der Waals surface area contributed by atoms with Gasteiger partial charge in [0.1, 0.15) is 0 Å². The summed E-state index contributed by atoms with van der Waals surface area (Å²) in [5.74, 6) is 0. The molecule has 1 fully saturated rings. The van der Waals surface area contributed by atoms with E-state index < -0.39 is 0 Å². The highest BCUT2D eigenvalue weighted by atomic mass is 15.3. The lowest BCUT2D eigenvalue weighted by Gasteiger charge is -2.30. The van der Waals surface area contributed by atoms with Crippen LogP contribution in [0.2, 0.25) is 0 Å². The van der Waals surface area contributed by atoms with Crippen molar-refractivity contribution in [2.45, 2.75) is 19.5 Å². The molecule has 2 heteroatoms. The fraction of sp³-hybridized carbons (Fsp3) is 1.00. The second kappa shape index (κ2) is 2.46. The first-order chi connectivity index (χ1) is 3.80. The van der Waals surface area contributed by atoms with E-state index >= 15 is 0 Å². The third kappa shape index (κ3) is 1.20. The Labute approximate surface area is 50.9 Å². The minimum atomic E-state index is 0.587. The van der Waals surface area contributed by atoms with Gasteiger partial charge < -0.3 is 5.32 Å². The maximum atomic E-state index is 3.36. The van der Waals surface area contributed by atoms with Crippen LogP contribution in [0.5, 0.6) is 0 Å². The Hall–Kier alpha value is -0.0800. The van der Waals surface area contributed by atoms with Gasteiger partial charge in [-0.1, -0.05) is 0 Å².